The molecule has 5 heteroatoms. The van der Waals surface area contributed by atoms with Crippen molar-refractivity contribution < 1.29 is 20.0 Å². The van der Waals surface area contributed by atoms with Crippen molar-refractivity contribution in [2.24, 2.45) is 0 Å². The van der Waals surface area contributed by atoms with Crippen LogP contribution in [0.15, 0.2) is 0 Å². The molecule has 11 heavy (non-hydrogen) atoms. The van der Waals surface area contributed by atoms with Crippen LogP contribution in [0, 0.1) is 0 Å². The van der Waals surface area contributed by atoms with E-state index in [4.69, 9.17) is 0 Å². The molecule has 0 spiro atoms. The number of hydrogen-bond donors (Lipinski definition) is 1. The molecule has 0 radical (unpaired) electrons. The van der Waals surface area contributed by atoms with Crippen LogP contribution in [0.2, 0.25) is 0 Å². The molecule has 0 aliphatic heterocycles. The van der Waals surface area contributed by atoms with Crippen LogP contribution in [0.4, 0.5) is 0 Å². The summed E-state index contributed by atoms with van der Waals surface area (Å²) in [6.45, 7) is 0.450. The largest absolute Gasteiger partial charge is 0.550 e. The molecule has 0 aromatic heterocycles. The van der Waals surface area contributed by atoms with E-state index in [1.54, 1.807) is 0 Å². The molecule has 0 fully saturated rings. The number of aliphatic carboxylic acids is 1. The monoisotopic (exact) mass is 164 g/mol. The SMILES string of the molecule is C[N+](C)(C)NCCC(=O)[O-].O. The lowest BCUT2D eigenvalue weighted by molar-refractivity contribution is -0.915. The van der Waals surface area contributed by atoms with Gasteiger partial charge in [0.25, 0.3) is 0 Å². The van der Waals surface area contributed by atoms with Gasteiger partial charge >= 0.3 is 0 Å². The fraction of sp³-hybridized carbons (Fsp3) is 0.833. The Bertz CT molecular complexity index is 119. The van der Waals surface area contributed by atoms with E-state index in [1.165, 1.54) is 0 Å². The molecule has 0 aromatic carbocycles. The van der Waals surface area contributed by atoms with E-state index in [2.05, 4.69) is 5.43 Å². The minimum absolute atomic E-state index is 0. The molecule has 0 unspecified atom stereocenters. The number of nitrogens with zero attached hydrogens (tertiary/aromatic N) is 1. The number of carbonyl (C=O) groups is 1. The molecule has 3 N–H and O–H groups in total. The Morgan fingerprint density at radius 1 is 1.45 bits per heavy atom. The summed E-state index contributed by atoms with van der Waals surface area (Å²) >= 11 is 0. The highest BCUT2D eigenvalue weighted by Crippen LogP contribution is 1.81. The molecule has 0 bridgehead atoms. The van der Waals surface area contributed by atoms with Crippen LogP contribution in [0.3, 0.4) is 0 Å². The Hall–Kier alpha value is -0.650. The van der Waals surface area contributed by atoms with Crippen LogP contribution in [-0.4, -0.2) is 43.7 Å². The van der Waals surface area contributed by atoms with Gasteiger partial charge in [-0.3, -0.25) is 4.59 Å². The van der Waals surface area contributed by atoms with Crippen LogP contribution >= 0.6 is 0 Å². The van der Waals surface area contributed by atoms with E-state index >= 15 is 0 Å². The van der Waals surface area contributed by atoms with E-state index in [-0.39, 0.29) is 11.9 Å². The summed E-state index contributed by atoms with van der Waals surface area (Å²) in [7, 11) is 5.78. The maximum atomic E-state index is 9.93. The van der Waals surface area contributed by atoms with Gasteiger partial charge in [0.15, 0.2) is 0 Å². The van der Waals surface area contributed by atoms with Crippen molar-refractivity contribution in [3.63, 3.8) is 0 Å². The standard InChI is InChI=1S/C6H14N2O2.H2O/c1-8(2,3)7-5-4-6(9)10;/h7H,4-5H2,1-3H3;1H2. The highest BCUT2D eigenvalue weighted by molar-refractivity contribution is 5.64. The molecular formula is C6H16N2O3. The summed E-state index contributed by atoms with van der Waals surface area (Å²) in [4.78, 5) is 9.93. The highest BCUT2D eigenvalue weighted by Gasteiger charge is 2.03. The Morgan fingerprint density at radius 2 is 1.91 bits per heavy atom. The second kappa shape index (κ2) is 5.06. The molecule has 0 aliphatic rings. The van der Waals surface area contributed by atoms with Crippen LogP contribution in [0.25, 0.3) is 0 Å². The summed E-state index contributed by atoms with van der Waals surface area (Å²) in [5.74, 6) is -1.01. The predicted molar refractivity (Wildman–Crippen MR) is 39.3 cm³/mol. The second-order valence-corrected chi connectivity index (χ2v) is 3.04. The van der Waals surface area contributed by atoms with Gasteiger partial charge in [-0.05, 0) is 0 Å². The third kappa shape index (κ3) is 12.5. The average molecular weight is 164 g/mol. The van der Waals surface area contributed by atoms with Crippen molar-refractivity contribution in [3.8, 4) is 0 Å². The van der Waals surface area contributed by atoms with Crippen LogP contribution < -0.4 is 10.5 Å². The van der Waals surface area contributed by atoms with E-state index in [0.717, 1.165) is 0 Å². The summed E-state index contributed by atoms with van der Waals surface area (Å²) < 4.78 is 0.563. The Morgan fingerprint density at radius 3 is 2.18 bits per heavy atom. The van der Waals surface area contributed by atoms with Crippen molar-refractivity contribution >= 4 is 5.97 Å². The maximum absolute atomic E-state index is 9.93. The Balaban J connectivity index is 0. The van der Waals surface area contributed by atoms with Crippen LogP contribution in [0.5, 0.6) is 0 Å². The highest BCUT2D eigenvalue weighted by atomic mass is 16.4. The molecule has 0 aromatic rings. The molecule has 0 saturated heterocycles. The number of carbonyl (C=O) groups excluding carboxylic acids is 1. The minimum Gasteiger partial charge on any atom is -0.550 e. The third-order valence-electron chi connectivity index (χ3n) is 0.915. The smallest absolute Gasteiger partial charge is 0.0853 e. The molecule has 0 aliphatic carbocycles. The lowest BCUT2D eigenvalue weighted by atomic mass is 10.4. The summed E-state index contributed by atoms with van der Waals surface area (Å²) in [5, 5.41) is 9.93. The van der Waals surface area contributed by atoms with Crippen molar-refractivity contribution in [1.29, 1.82) is 0 Å². The zero-order valence-electron chi connectivity index (χ0n) is 7.18. The fourth-order valence-corrected chi connectivity index (χ4v) is 0.493. The van der Waals surface area contributed by atoms with Crippen molar-refractivity contribution in [2.75, 3.05) is 27.7 Å². The molecule has 0 rings (SSSR count). The molecular weight excluding hydrogens is 148 g/mol. The van der Waals surface area contributed by atoms with E-state index in [9.17, 15) is 9.90 Å². The van der Waals surface area contributed by atoms with Gasteiger partial charge in [0.2, 0.25) is 0 Å². The fourth-order valence-electron chi connectivity index (χ4n) is 0.493. The van der Waals surface area contributed by atoms with Crippen LogP contribution in [0.1, 0.15) is 6.42 Å². The molecule has 0 amide bonds. The zero-order valence-corrected chi connectivity index (χ0v) is 7.18. The number of carboxylic acids is 1. The maximum Gasteiger partial charge on any atom is 0.0853 e. The molecule has 0 saturated carbocycles. The number of carboxylic acid groups (broad SMARTS) is 1. The lowest BCUT2D eigenvalue weighted by Gasteiger charge is -2.23. The van der Waals surface area contributed by atoms with Gasteiger partial charge in [-0.2, -0.15) is 5.43 Å². The Labute approximate surface area is 66.5 Å². The molecule has 0 atom stereocenters. The summed E-state index contributed by atoms with van der Waals surface area (Å²) in [6, 6.07) is 0. The number of rotatable bonds is 4. The zero-order chi connectivity index (χ0) is 8.20. The first-order valence-corrected chi connectivity index (χ1v) is 3.18. The van der Waals surface area contributed by atoms with Gasteiger partial charge in [0, 0.05) is 18.9 Å². The first kappa shape index (κ1) is 13.0. The first-order valence-electron chi connectivity index (χ1n) is 3.18. The van der Waals surface area contributed by atoms with Gasteiger partial charge in [-0.15, -0.1) is 0 Å². The second-order valence-electron chi connectivity index (χ2n) is 3.04. The first-order chi connectivity index (χ1) is 4.42. The van der Waals surface area contributed by atoms with Gasteiger partial charge in [0.1, 0.15) is 0 Å². The molecule has 0 heterocycles. The lowest BCUT2D eigenvalue weighted by Crippen LogP contribution is -2.49. The Kier molecular flexibility index (Phi) is 5.97. The predicted octanol–water partition coefficient (Wildman–Crippen LogP) is -2.49. The quantitative estimate of drug-likeness (QED) is 0.368. The number of hydrogen-bond acceptors (Lipinski definition) is 3. The van der Waals surface area contributed by atoms with Crippen molar-refractivity contribution in [2.45, 2.75) is 6.42 Å². The molecule has 68 valence electrons. The van der Waals surface area contributed by atoms with Crippen molar-refractivity contribution in [1.82, 2.24) is 5.43 Å². The van der Waals surface area contributed by atoms with E-state index < -0.39 is 5.97 Å². The topological polar surface area (TPSA) is 83.7 Å². The van der Waals surface area contributed by atoms with E-state index in [0.29, 0.717) is 11.1 Å². The summed E-state index contributed by atoms with van der Waals surface area (Å²) in [6.07, 6.45) is 0.0650. The van der Waals surface area contributed by atoms with Gasteiger partial charge in [-0.1, -0.05) is 0 Å². The van der Waals surface area contributed by atoms with Gasteiger partial charge < -0.3 is 15.4 Å². The van der Waals surface area contributed by atoms with Crippen LogP contribution in [-0.2, 0) is 4.79 Å². The minimum atomic E-state index is -1.01. The van der Waals surface area contributed by atoms with Gasteiger partial charge in [-0.25, -0.2) is 0 Å². The van der Waals surface area contributed by atoms with E-state index in [1.807, 2.05) is 21.1 Å². The third-order valence-corrected chi connectivity index (χ3v) is 0.915. The van der Waals surface area contributed by atoms with Gasteiger partial charge in [0.05, 0.1) is 21.1 Å². The number of nitrogens with one attached hydrogen (secondary N) is 1. The normalized spacial score (nSPS) is 10.5. The number of quaternary nitrogens is 1. The molecule has 5 nitrogen and oxygen atoms in total. The van der Waals surface area contributed by atoms with Crippen molar-refractivity contribution in [3.05, 3.63) is 0 Å². The summed E-state index contributed by atoms with van der Waals surface area (Å²) in [5.41, 5.74) is 2.97. The average Bonchev–Trinajstić information content (AvgIpc) is 1.59.